The van der Waals surface area contributed by atoms with Crippen LogP contribution in [0.5, 0.6) is 0 Å². The van der Waals surface area contributed by atoms with Crippen molar-refractivity contribution in [3.8, 4) is 0 Å². The summed E-state index contributed by atoms with van der Waals surface area (Å²) in [6.45, 7) is 7.39. The van der Waals surface area contributed by atoms with Crippen LogP contribution in [0.2, 0.25) is 0 Å². The SMILES string of the molecule is Cc1cc(N(N)S(=O)(=O)[O-])c(C)c(C)c1C.[Na+]. The maximum atomic E-state index is 10.8. The summed E-state index contributed by atoms with van der Waals surface area (Å²) in [6.07, 6.45) is 0. The number of nitrogens with two attached hydrogens (primary N) is 1. The molecule has 2 N–H and O–H groups in total. The predicted octanol–water partition coefficient (Wildman–Crippen LogP) is -1.94. The minimum Gasteiger partial charge on any atom is -0.730 e. The first kappa shape index (κ1) is 16.9. The van der Waals surface area contributed by atoms with Crippen molar-refractivity contribution in [2.24, 2.45) is 5.84 Å². The molecule has 0 atom stereocenters. The van der Waals surface area contributed by atoms with Crippen LogP contribution in [0.1, 0.15) is 22.3 Å². The van der Waals surface area contributed by atoms with Gasteiger partial charge >= 0.3 is 29.6 Å². The van der Waals surface area contributed by atoms with E-state index in [-0.39, 0.29) is 39.7 Å². The van der Waals surface area contributed by atoms with E-state index in [1.165, 1.54) is 0 Å². The number of hydrogen-bond donors (Lipinski definition) is 1. The Kier molecular flexibility index (Phi) is 5.65. The average molecular weight is 266 g/mol. The van der Waals surface area contributed by atoms with Gasteiger partial charge in [-0.2, -0.15) is 0 Å². The Morgan fingerprint density at radius 3 is 2.00 bits per heavy atom. The average Bonchev–Trinajstić information content (AvgIpc) is 2.18. The zero-order valence-electron chi connectivity index (χ0n) is 10.7. The molecular weight excluding hydrogens is 251 g/mol. The fourth-order valence-corrected chi connectivity index (χ4v) is 1.97. The Morgan fingerprint density at radius 2 is 1.59 bits per heavy atom. The van der Waals surface area contributed by atoms with Crippen molar-refractivity contribution in [3.63, 3.8) is 0 Å². The first-order valence-electron chi connectivity index (χ1n) is 4.74. The summed E-state index contributed by atoms with van der Waals surface area (Å²) < 4.78 is 32.8. The Morgan fingerprint density at radius 1 is 1.12 bits per heavy atom. The molecule has 0 saturated heterocycles. The van der Waals surface area contributed by atoms with E-state index in [0.29, 0.717) is 5.56 Å². The van der Waals surface area contributed by atoms with Crippen LogP contribution in [-0.4, -0.2) is 13.0 Å². The van der Waals surface area contributed by atoms with Crippen LogP contribution in [0, 0.1) is 27.7 Å². The van der Waals surface area contributed by atoms with E-state index in [1.807, 2.05) is 20.8 Å². The summed E-state index contributed by atoms with van der Waals surface area (Å²) >= 11 is 0. The van der Waals surface area contributed by atoms with Gasteiger partial charge in [0.2, 0.25) is 0 Å². The second-order valence-corrected chi connectivity index (χ2v) is 5.09. The Hall–Kier alpha value is -0.110. The molecule has 0 aliphatic rings. The molecule has 0 aliphatic carbocycles. The van der Waals surface area contributed by atoms with E-state index in [9.17, 15) is 13.0 Å². The molecule has 0 aliphatic heterocycles. The van der Waals surface area contributed by atoms with Gasteiger partial charge in [0, 0.05) is 0 Å². The second-order valence-electron chi connectivity index (χ2n) is 3.84. The molecule has 0 aromatic heterocycles. The van der Waals surface area contributed by atoms with Crippen LogP contribution in [0.3, 0.4) is 0 Å². The molecule has 0 unspecified atom stereocenters. The van der Waals surface area contributed by atoms with Crippen molar-refractivity contribution in [1.82, 2.24) is 0 Å². The quantitative estimate of drug-likeness (QED) is 0.292. The second kappa shape index (κ2) is 5.69. The van der Waals surface area contributed by atoms with Gasteiger partial charge in [0.05, 0.1) is 5.69 Å². The summed E-state index contributed by atoms with van der Waals surface area (Å²) in [7, 11) is -4.66. The van der Waals surface area contributed by atoms with Gasteiger partial charge in [-0.05, 0) is 56.0 Å². The smallest absolute Gasteiger partial charge is 0.730 e. The molecular formula is C10H15N2NaO3S. The Bertz CT molecular complexity index is 529. The number of hydrogen-bond acceptors (Lipinski definition) is 4. The van der Waals surface area contributed by atoms with Gasteiger partial charge in [0.25, 0.3) is 0 Å². The molecule has 5 nitrogen and oxygen atoms in total. The monoisotopic (exact) mass is 266 g/mol. The summed E-state index contributed by atoms with van der Waals surface area (Å²) in [5, 5.41) is 0. The first-order chi connectivity index (χ1) is 7.16. The van der Waals surface area contributed by atoms with E-state index >= 15 is 0 Å². The molecule has 0 spiro atoms. The number of aryl methyl sites for hydroxylation is 1. The zero-order chi connectivity index (χ0) is 12.7. The summed E-state index contributed by atoms with van der Waals surface area (Å²) in [6, 6.07) is 1.60. The molecule has 0 fully saturated rings. The minimum absolute atomic E-state index is 0. The number of anilines is 1. The van der Waals surface area contributed by atoms with Crippen molar-refractivity contribution in [2.45, 2.75) is 27.7 Å². The van der Waals surface area contributed by atoms with Crippen molar-refractivity contribution >= 4 is 16.0 Å². The fraction of sp³-hybridized carbons (Fsp3) is 0.400. The topological polar surface area (TPSA) is 86.5 Å². The van der Waals surface area contributed by atoms with Crippen molar-refractivity contribution in [3.05, 3.63) is 28.3 Å². The maximum Gasteiger partial charge on any atom is 1.00 e. The van der Waals surface area contributed by atoms with E-state index in [0.717, 1.165) is 16.7 Å². The Balaban J connectivity index is 0.00000256. The fourth-order valence-electron chi connectivity index (χ4n) is 1.54. The molecule has 1 aromatic carbocycles. The van der Waals surface area contributed by atoms with Crippen molar-refractivity contribution in [2.75, 3.05) is 4.41 Å². The third-order valence-electron chi connectivity index (χ3n) is 2.93. The minimum atomic E-state index is -4.66. The molecule has 1 aromatic rings. The van der Waals surface area contributed by atoms with Crippen molar-refractivity contribution in [1.29, 1.82) is 0 Å². The van der Waals surface area contributed by atoms with Crippen LogP contribution >= 0.6 is 0 Å². The van der Waals surface area contributed by atoms with Gasteiger partial charge in [-0.25, -0.2) is 18.7 Å². The third-order valence-corrected chi connectivity index (χ3v) is 3.61. The van der Waals surface area contributed by atoms with Gasteiger partial charge < -0.3 is 4.55 Å². The van der Waals surface area contributed by atoms with E-state index in [4.69, 9.17) is 5.84 Å². The predicted molar refractivity (Wildman–Crippen MR) is 61.8 cm³/mol. The largest absolute Gasteiger partial charge is 1.00 e. The first-order valence-corrected chi connectivity index (χ1v) is 6.11. The molecule has 0 heterocycles. The molecule has 0 bridgehead atoms. The molecule has 0 saturated carbocycles. The summed E-state index contributed by atoms with van der Waals surface area (Å²) in [5.41, 5.74) is 3.84. The Labute approximate surface area is 124 Å². The van der Waals surface area contributed by atoms with Crippen LogP contribution in [-0.2, 0) is 10.3 Å². The summed E-state index contributed by atoms with van der Waals surface area (Å²) in [4.78, 5) is 0. The zero-order valence-corrected chi connectivity index (χ0v) is 13.6. The normalized spacial score (nSPS) is 10.9. The van der Waals surface area contributed by atoms with Gasteiger partial charge in [0.15, 0.2) is 10.3 Å². The van der Waals surface area contributed by atoms with Gasteiger partial charge in [-0.3, -0.25) is 0 Å². The number of nitrogens with zero attached hydrogens (tertiary/aromatic N) is 1. The van der Waals surface area contributed by atoms with Crippen molar-refractivity contribution < 1.29 is 42.5 Å². The van der Waals surface area contributed by atoms with E-state index < -0.39 is 10.3 Å². The molecule has 0 radical (unpaired) electrons. The molecule has 7 heteroatoms. The summed E-state index contributed by atoms with van der Waals surface area (Å²) in [5.74, 6) is 5.29. The third kappa shape index (κ3) is 3.43. The van der Waals surface area contributed by atoms with Gasteiger partial charge in [0.1, 0.15) is 0 Å². The van der Waals surface area contributed by atoms with Crippen LogP contribution < -0.4 is 39.8 Å². The van der Waals surface area contributed by atoms with Gasteiger partial charge in [-0.15, -0.1) is 0 Å². The number of hydrazine groups is 1. The van der Waals surface area contributed by atoms with Crippen LogP contribution in [0.15, 0.2) is 6.07 Å². The van der Waals surface area contributed by atoms with E-state index in [1.54, 1.807) is 13.0 Å². The van der Waals surface area contributed by atoms with Crippen LogP contribution in [0.4, 0.5) is 5.69 Å². The molecule has 1 rings (SSSR count). The number of benzene rings is 1. The molecule has 0 amide bonds. The maximum absolute atomic E-state index is 10.8. The number of rotatable bonds is 2. The van der Waals surface area contributed by atoms with E-state index in [2.05, 4.69) is 0 Å². The molecule has 17 heavy (non-hydrogen) atoms. The van der Waals surface area contributed by atoms with Gasteiger partial charge in [-0.1, -0.05) is 0 Å². The standard InChI is InChI=1S/C10H16N2O3S.Na/c1-6-5-10(12(11)16(13,14)15)9(4)8(3)7(6)2;/h5H,11H2,1-4H3,(H,13,14,15);/q;+1/p-1. The van der Waals surface area contributed by atoms with Crippen LogP contribution in [0.25, 0.3) is 0 Å². The molecule has 90 valence electrons.